The van der Waals surface area contributed by atoms with Crippen molar-refractivity contribution in [2.75, 3.05) is 21.2 Å². The Balaban J connectivity index is 3.07. The zero-order valence-electron chi connectivity index (χ0n) is 12.1. The van der Waals surface area contributed by atoms with Gasteiger partial charge in [-0.2, -0.15) is 0 Å². The van der Waals surface area contributed by atoms with Gasteiger partial charge in [-0.15, -0.1) is 0 Å². The number of methoxy groups -OCH3 is 1. The van der Waals surface area contributed by atoms with E-state index in [9.17, 15) is 9.59 Å². The van der Waals surface area contributed by atoms with Gasteiger partial charge in [0.1, 0.15) is 5.70 Å². The van der Waals surface area contributed by atoms with E-state index in [2.05, 4.69) is 0 Å². The van der Waals surface area contributed by atoms with Crippen LogP contribution in [-0.4, -0.2) is 43.2 Å². The second kappa shape index (κ2) is 8.16. The summed E-state index contributed by atoms with van der Waals surface area (Å²) in [6.07, 6.45) is 2.83. The molecule has 0 aliphatic carbocycles. The number of nitrogens with zero attached hydrogens (tertiary/aromatic N) is 1. The van der Waals surface area contributed by atoms with Crippen molar-refractivity contribution in [2.24, 2.45) is 0 Å². The van der Waals surface area contributed by atoms with Crippen molar-refractivity contribution in [3.8, 4) is 0 Å². The highest BCUT2D eigenvalue weighted by molar-refractivity contribution is 8.04. The predicted molar refractivity (Wildman–Crippen MR) is 81.8 cm³/mol. The molecule has 0 bridgehead atoms. The fourth-order valence-electron chi connectivity index (χ4n) is 1.43. The van der Waals surface area contributed by atoms with Gasteiger partial charge >= 0.3 is 11.9 Å². The first-order valence-corrected chi connectivity index (χ1v) is 6.91. The maximum Gasteiger partial charge on any atom is 0.352 e. The highest BCUT2D eigenvalue weighted by Gasteiger charge is 2.13. The summed E-state index contributed by atoms with van der Waals surface area (Å²) in [6, 6.07) is 9.30. The van der Waals surface area contributed by atoms with Crippen molar-refractivity contribution in [2.45, 2.75) is 4.90 Å². The standard InChI is InChI=1S/C15H17NO4S/c1-16(2)12(14(17)18)9-10-13(15(19)20-3)21-11-7-5-4-6-8-11/h4-10H,1-3H3,(H,17,18). The number of esters is 1. The lowest BCUT2D eigenvalue weighted by Gasteiger charge is -2.12. The predicted octanol–water partition coefficient (Wildman–Crippen LogP) is 2.37. The molecule has 0 amide bonds. The smallest absolute Gasteiger partial charge is 0.352 e. The van der Waals surface area contributed by atoms with Crippen LogP contribution < -0.4 is 0 Å². The van der Waals surface area contributed by atoms with E-state index in [1.807, 2.05) is 30.3 Å². The molecule has 21 heavy (non-hydrogen) atoms. The molecule has 0 saturated carbocycles. The van der Waals surface area contributed by atoms with Crippen molar-refractivity contribution in [1.29, 1.82) is 0 Å². The van der Waals surface area contributed by atoms with Gasteiger partial charge in [0.2, 0.25) is 0 Å². The Morgan fingerprint density at radius 3 is 2.29 bits per heavy atom. The first kappa shape index (κ1) is 16.8. The molecule has 1 aromatic carbocycles. The van der Waals surface area contributed by atoms with Crippen LogP contribution in [0.1, 0.15) is 0 Å². The molecule has 6 heteroatoms. The summed E-state index contributed by atoms with van der Waals surface area (Å²) < 4.78 is 4.72. The fourth-order valence-corrected chi connectivity index (χ4v) is 2.28. The summed E-state index contributed by atoms with van der Waals surface area (Å²) in [5.41, 5.74) is 0.0741. The third kappa shape index (κ3) is 5.35. The van der Waals surface area contributed by atoms with Gasteiger partial charge in [0.05, 0.1) is 12.0 Å². The molecule has 0 aliphatic heterocycles. The Kier molecular flexibility index (Phi) is 6.55. The first-order valence-electron chi connectivity index (χ1n) is 6.09. The Morgan fingerprint density at radius 2 is 1.81 bits per heavy atom. The molecule has 0 atom stereocenters. The van der Waals surface area contributed by atoms with Crippen LogP contribution in [0.4, 0.5) is 0 Å². The molecule has 0 spiro atoms. The largest absolute Gasteiger partial charge is 0.477 e. The Labute approximate surface area is 127 Å². The van der Waals surface area contributed by atoms with Gasteiger partial charge in [0.15, 0.2) is 0 Å². The molecule has 0 aliphatic rings. The first-order chi connectivity index (χ1) is 9.95. The third-order valence-electron chi connectivity index (χ3n) is 2.45. The molecule has 112 valence electrons. The Morgan fingerprint density at radius 1 is 1.19 bits per heavy atom. The number of hydrogen-bond acceptors (Lipinski definition) is 5. The average Bonchev–Trinajstić information content (AvgIpc) is 2.45. The minimum Gasteiger partial charge on any atom is -0.477 e. The maximum absolute atomic E-state index is 11.8. The minimum atomic E-state index is -1.06. The number of likely N-dealkylation sites (N-methyl/N-ethyl adjacent to an activating group) is 1. The summed E-state index contributed by atoms with van der Waals surface area (Å²) in [5, 5.41) is 9.08. The number of hydrogen-bond donors (Lipinski definition) is 1. The monoisotopic (exact) mass is 307 g/mol. The lowest BCUT2D eigenvalue weighted by Crippen LogP contribution is -2.18. The summed E-state index contributed by atoms with van der Waals surface area (Å²) >= 11 is 1.22. The average molecular weight is 307 g/mol. The number of carbonyl (C=O) groups excluding carboxylic acids is 1. The minimum absolute atomic E-state index is 0.0741. The van der Waals surface area contributed by atoms with Crippen molar-refractivity contribution in [3.63, 3.8) is 0 Å². The van der Waals surface area contributed by atoms with E-state index >= 15 is 0 Å². The molecular weight excluding hydrogens is 290 g/mol. The van der Waals surface area contributed by atoms with Crippen LogP contribution in [0.15, 0.2) is 58.0 Å². The quantitative estimate of drug-likeness (QED) is 0.377. The van der Waals surface area contributed by atoms with Crippen LogP contribution in [0.2, 0.25) is 0 Å². The lowest BCUT2D eigenvalue weighted by molar-refractivity contribution is -0.135. The van der Waals surface area contributed by atoms with Crippen LogP contribution in [-0.2, 0) is 14.3 Å². The normalized spacial score (nSPS) is 12.0. The molecule has 0 aromatic heterocycles. The number of aliphatic carboxylic acids is 1. The number of ether oxygens (including phenoxy) is 1. The molecular formula is C15H17NO4S. The number of carboxylic acids is 1. The SMILES string of the molecule is COC(=O)C(=CC=C(C(=O)O)N(C)C)Sc1ccccc1. The number of carboxylic acid groups (broad SMARTS) is 1. The van der Waals surface area contributed by atoms with Crippen molar-refractivity contribution in [1.82, 2.24) is 4.90 Å². The van der Waals surface area contributed by atoms with Gasteiger partial charge in [-0.25, -0.2) is 9.59 Å². The van der Waals surface area contributed by atoms with E-state index in [1.165, 1.54) is 35.9 Å². The fraction of sp³-hybridized carbons (Fsp3) is 0.200. The van der Waals surface area contributed by atoms with E-state index in [1.54, 1.807) is 14.1 Å². The summed E-state index contributed by atoms with van der Waals surface area (Å²) in [7, 11) is 4.53. The van der Waals surface area contributed by atoms with Crippen LogP contribution >= 0.6 is 11.8 Å². The van der Waals surface area contributed by atoms with Crippen LogP contribution in [0, 0.1) is 0 Å². The molecule has 0 fully saturated rings. The van der Waals surface area contributed by atoms with E-state index in [-0.39, 0.29) is 5.70 Å². The highest BCUT2D eigenvalue weighted by Crippen LogP contribution is 2.27. The molecule has 5 nitrogen and oxygen atoms in total. The molecule has 0 saturated heterocycles. The molecule has 0 heterocycles. The topological polar surface area (TPSA) is 66.8 Å². The van der Waals surface area contributed by atoms with Gasteiger partial charge in [0, 0.05) is 19.0 Å². The van der Waals surface area contributed by atoms with Gasteiger partial charge in [-0.05, 0) is 24.3 Å². The molecule has 1 N–H and O–H groups in total. The molecule has 1 rings (SSSR count). The molecule has 0 unspecified atom stereocenters. The van der Waals surface area contributed by atoms with E-state index < -0.39 is 11.9 Å². The van der Waals surface area contributed by atoms with Crippen LogP contribution in [0.3, 0.4) is 0 Å². The molecule has 0 radical (unpaired) electrons. The van der Waals surface area contributed by atoms with Crippen molar-refractivity contribution >= 4 is 23.7 Å². The van der Waals surface area contributed by atoms with Gasteiger partial charge in [-0.1, -0.05) is 30.0 Å². The van der Waals surface area contributed by atoms with E-state index in [0.717, 1.165) is 4.90 Å². The van der Waals surface area contributed by atoms with E-state index in [0.29, 0.717) is 4.91 Å². The lowest BCUT2D eigenvalue weighted by atomic mass is 10.3. The van der Waals surface area contributed by atoms with E-state index in [4.69, 9.17) is 9.84 Å². The second-order valence-corrected chi connectivity index (χ2v) is 5.30. The summed E-state index contributed by atoms with van der Waals surface area (Å²) in [4.78, 5) is 25.5. The summed E-state index contributed by atoms with van der Waals surface area (Å²) in [5.74, 6) is -1.58. The second-order valence-electron chi connectivity index (χ2n) is 4.19. The maximum atomic E-state index is 11.8. The number of allylic oxidation sites excluding steroid dienone is 2. The number of benzene rings is 1. The zero-order chi connectivity index (χ0) is 15.8. The van der Waals surface area contributed by atoms with Crippen LogP contribution in [0.25, 0.3) is 0 Å². The van der Waals surface area contributed by atoms with Gasteiger partial charge in [-0.3, -0.25) is 0 Å². The number of rotatable bonds is 6. The van der Waals surface area contributed by atoms with Crippen LogP contribution in [0.5, 0.6) is 0 Å². The number of carbonyl (C=O) groups is 2. The van der Waals surface area contributed by atoms with Crippen molar-refractivity contribution in [3.05, 3.63) is 53.1 Å². The summed E-state index contributed by atoms with van der Waals surface area (Å²) in [6.45, 7) is 0. The van der Waals surface area contributed by atoms with Gasteiger partial charge < -0.3 is 14.7 Å². The third-order valence-corrected chi connectivity index (χ3v) is 3.48. The molecule has 1 aromatic rings. The van der Waals surface area contributed by atoms with Crippen molar-refractivity contribution < 1.29 is 19.4 Å². The highest BCUT2D eigenvalue weighted by atomic mass is 32.2. The zero-order valence-corrected chi connectivity index (χ0v) is 12.9. The Bertz CT molecular complexity index is 564. The Hall–Kier alpha value is -2.21. The number of thioether (sulfide) groups is 1. The van der Waals surface area contributed by atoms with Gasteiger partial charge in [0.25, 0.3) is 0 Å².